The fourth-order valence-electron chi connectivity index (χ4n) is 3.21. The van der Waals surface area contributed by atoms with E-state index in [9.17, 15) is 22.8 Å². The largest absolute Gasteiger partial charge is 0.497 e. The first-order valence-corrected chi connectivity index (χ1v) is 8.84. The molecule has 0 spiro atoms. The molecular formula is C20H15F3N4O3. The van der Waals surface area contributed by atoms with Crippen molar-refractivity contribution in [1.82, 2.24) is 9.78 Å². The SMILES string of the molecule is COc1ccc(-c2cnn3c2NC(=O)C[C@@H]3C(=O)Nc2cc(F)c(F)c(F)c2)cc1. The van der Waals surface area contributed by atoms with Crippen LogP contribution in [0.2, 0.25) is 0 Å². The van der Waals surface area contributed by atoms with Gasteiger partial charge in [-0.3, -0.25) is 9.59 Å². The van der Waals surface area contributed by atoms with Crippen molar-refractivity contribution < 1.29 is 27.5 Å². The van der Waals surface area contributed by atoms with Crippen LogP contribution in [-0.4, -0.2) is 28.7 Å². The molecule has 154 valence electrons. The Morgan fingerprint density at radius 3 is 2.50 bits per heavy atom. The van der Waals surface area contributed by atoms with E-state index in [1.54, 1.807) is 31.4 Å². The lowest BCUT2D eigenvalue weighted by Crippen LogP contribution is -2.35. The summed E-state index contributed by atoms with van der Waals surface area (Å²) >= 11 is 0. The molecule has 2 N–H and O–H groups in total. The lowest BCUT2D eigenvalue weighted by Gasteiger charge is -2.24. The van der Waals surface area contributed by atoms with Crippen molar-refractivity contribution >= 4 is 23.3 Å². The number of amides is 2. The lowest BCUT2D eigenvalue weighted by molar-refractivity contribution is -0.125. The van der Waals surface area contributed by atoms with Gasteiger partial charge in [0.2, 0.25) is 11.8 Å². The van der Waals surface area contributed by atoms with E-state index in [0.717, 1.165) is 5.56 Å². The van der Waals surface area contributed by atoms with Crippen LogP contribution >= 0.6 is 0 Å². The third-order valence-electron chi connectivity index (χ3n) is 4.68. The Morgan fingerprint density at radius 2 is 1.87 bits per heavy atom. The van der Waals surface area contributed by atoms with Crippen molar-refractivity contribution in [2.24, 2.45) is 0 Å². The molecule has 0 aliphatic carbocycles. The first-order valence-electron chi connectivity index (χ1n) is 8.84. The number of aromatic nitrogens is 2. The normalized spacial score (nSPS) is 15.3. The Balaban J connectivity index is 1.64. The minimum atomic E-state index is -1.64. The second-order valence-electron chi connectivity index (χ2n) is 6.59. The molecule has 2 amide bonds. The molecule has 0 saturated carbocycles. The van der Waals surface area contributed by atoms with Crippen LogP contribution in [0, 0.1) is 17.5 Å². The minimum absolute atomic E-state index is 0.227. The Hall–Kier alpha value is -3.82. The standard InChI is InChI=1S/C20H15F3N4O3/c1-30-12-4-2-10(3-5-12)13-9-24-27-16(8-17(28)26-19(13)27)20(29)25-11-6-14(21)18(23)15(22)7-11/h2-7,9,16H,8H2,1H3,(H,25,29)(H,26,28)/t16-/m1/s1. The Morgan fingerprint density at radius 1 is 1.20 bits per heavy atom. The fraction of sp³-hybridized carbons (Fsp3) is 0.150. The molecule has 2 heterocycles. The fourth-order valence-corrected chi connectivity index (χ4v) is 3.21. The topological polar surface area (TPSA) is 85.2 Å². The number of ether oxygens (including phenoxy) is 1. The van der Waals surface area contributed by atoms with Crippen molar-refractivity contribution in [1.29, 1.82) is 0 Å². The molecule has 10 heteroatoms. The molecule has 2 aromatic carbocycles. The van der Waals surface area contributed by atoms with Gasteiger partial charge in [-0.05, 0) is 17.7 Å². The predicted octanol–water partition coefficient (Wildman–Crippen LogP) is 3.50. The summed E-state index contributed by atoms with van der Waals surface area (Å²) in [5, 5.41) is 9.20. The highest BCUT2D eigenvalue weighted by molar-refractivity contribution is 6.03. The number of hydrogen-bond donors (Lipinski definition) is 2. The van der Waals surface area contributed by atoms with Gasteiger partial charge in [0.05, 0.1) is 19.7 Å². The van der Waals surface area contributed by atoms with Gasteiger partial charge >= 0.3 is 0 Å². The smallest absolute Gasteiger partial charge is 0.249 e. The van der Waals surface area contributed by atoms with Crippen molar-refractivity contribution in [3.05, 3.63) is 60.0 Å². The Kier molecular flexibility index (Phi) is 4.90. The van der Waals surface area contributed by atoms with E-state index in [4.69, 9.17) is 4.74 Å². The quantitative estimate of drug-likeness (QED) is 0.638. The lowest BCUT2D eigenvalue weighted by atomic mass is 10.1. The molecule has 0 fully saturated rings. The van der Waals surface area contributed by atoms with E-state index in [1.165, 1.54) is 10.9 Å². The number of hydrogen-bond acceptors (Lipinski definition) is 4. The molecule has 0 unspecified atom stereocenters. The number of fused-ring (bicyclic) bond motifs is 1. The zero-order valence-corrected chi connectivity index (χ0v) is 15.6. The van der Waals surface area contributed by atoms with Crippen LogP contribution in [-0.2, 0) is 9.59 Å². The average Bonchev–Trinajstić information content (AvgIpc) is 3.15. The zero-order chi connectivity index (χ0) is 21.4. The number of nitrogens with one attached hydrogen (secondary N) is 2. The number of carbonyl (C=O) groups is 2. The van der Waals surface area contributed by atoms with Gasteiger partial charge < -0.3 is 15.4 Å². The number of halogens is 3. The molecule has 1 atom stereocenters. The van der Waals surface area contributed by atoms with Gasteiger partial charge in [0.25, 0.3) is 0 Å². The second kappa shape index (κ2) is 7.54. The first kappa shape index (κ1) is 19.5. The molecule has 3 aromatic rings. The Labute approximate surface area is 168 Å². The summed E-state index contributed by atoms with van der Waals surface area (Å²) in [4.78, 5) is 24.9. The highest BCUT2D eigenvalue weighted by atomic mass is 19.2. The van der Waals surface area contributed by atoms with Gasteiger partial charge in [0.1, 0.15) is 17.6 Å². The zero-order valence-electron chi connectivity index (χ0n) is 15.6. The molecule has 4 rings (SSSR count). The molecule has 0 bridgehead atoms. The van der Waals surface area contributed by atoms with Gasteiger partial charge in [-0.1, -0.05) is 12.1 Å². The average molecular weight is 416 g/mol. The highest BCUT2D eigenvalue weighted by Gasteiger charge is 2.33. The molecular weight excluding hydrogens is 401 g/mol. The van der Waals surface area contributed by atoms with E-state index in [2.05, 4.69) is 15.7 Å². The van der Waals surface area contributed by atoms with Gasteiger partial charge in [-0.15, -0.1) is 0 Å². The third kappa shape index (κ3) is 3.47. The van der Waals surface area contributed by atoms with E-state index in [-0.39, 0.29) is 12.1 Å². The number of nitrogens with zero attached hydrogens (tertiary/aromatic N) is 2. The van der Waals surface area contributed by atoms with Crippen LogP contribution < -0.4 is 15.4 Å². The molecule has 1 aliphatic heterocycles. The number of methoxy groups -OCH3 is 1. The van der Waals surface area contributed by atoms with Gasteiger partial charge in [-0.2, -0.15) is 5.10 Å². The summed E-state index contributed by atoms with van der Waals surface area (Å²) in [5.74, 6) is -4.69. The monoisotopic (exact) mass is 416 g/mol. The van der Waals surface area contributed by atoms with Gasteiger partial charge in [0.15, 0.2) is 17.5 Å². The summed E-state index contributed by atoms with van der Waals surface area (Å²) in [6, 6.07) is 7.29. The van der Waals surface area contributed by atoms with Crippen LogP contribution in [0.5, 0.6) is 5.75 Å². The van der Waals surface area contributed by atoms with Crippen molar-refractivity contribution in [3.63, 3.8) is 0 Å². The van der Waals surface area contributed by atoms with Crippen molar-refractivity contribution in [3.8, 4) is 16.9 Å². The summed E-state index contributed by atoms with van der Waals surface area (Å²) < 4.78 is 46.4. The predicted molar refractivity (Wildman–Crippen MR) is 101 cm³/mol. The number of anilines is 2. The number of benzene rings is 2. The molecule has 7 nitrogen and oxygen atoms in total. The maximum atomic E-state index is 13.4. The molecule has 0 radical (unpaired) electrons. The van der Waals surface area contributed by atoms with Crippen LogP contribution in [0.3, 0.4) is 0 Å². The molecule has 30 heavy (non-hydrogen) atoms. The van der Waals surface area contributed by atoms with Crippen molar-refractivity contribution in [2.75, 3.05) is 17.7 Å². The highest BCUT2D eigenvalue weighted by Crippen LogP contribution is 2.35. The summed E-state index contributed by atoms with van der Waals surface area (Å²) in [5.41, 5.74) is 1.05. The second-order valence-corrected chi connectivity index (χ2v) is 6.59. The van der Waals surface area contributed by atoms with E-state index >= 15 is 0 Å². The maximum Gasteiger partial charge on any atom is 0.249 e. The van der Waals surface area contributed by atoms with Gasteiger partial charge in [0, 0.05) is 23.4 Å². The number of rotatable bonds is 4. The molecule has 0 saturated heterocycles. The summed E-state index contributed by atoms with van der Waals surface area (Å²) in [7, 11) is 1.54. The van der Waals surface area contributed by atoms with Crippen molar-refractivity contribution in [2.45, 2.75) is 12.5 Å². The Bertz CT molecular complexity index is 1120. The molecule has 1 aromatic heterocycles. The summed E-state index contributed by atoms with van der Waals surface area (Å²) in [6.07, 6.45) is 1.27. The summed E-state index contributed by atoms with van der Waals surface area (Å²) in [6.45, 7) is 0. The van der Waals surface area contributed by atoms with Crippen LogP contribution in [0.4, 0.5) is 24.7 Å². The van der Waals surface area contributed by atoms with Crippen LogP contribution in [0.25, 0.3) is 11.1 Å². The van der Waals surface area contributed by atoms with Crippen LogP contribution in [0.1, 0.15) is 12.5 Å². The van der Waals surface area contributed by atoms with E-state index < -0.39 is 35.3 Å². The van der Waals surface area contributed by atoms with Gasteiger partial charge in [-0.25, -0.2) is 17.9 Å². The van der Waals surface area contributed by atoms with Crippen LogP contribution in [0.15, 0.2) is 42.6 Å². The van der Waals surface area contributed by atoms with E-state index in [1.807, 2.05) is 0 Å². The van der Waals surface area contributed by atoms with E-state index in [0.29, 0.717) is 29.3 Å². The first-order chi connectivity index (χ1) is 14.4. The number of carbonyl (C=O) groups excluding carboxylic acids is 2. The minimum Gasteiger partial charge on any atom is -0.497 e. The maximum absolute atomic E-state index is 13.4. The molecule has 1 aliphatic rings. The third-order valence-corrected chi connectivity index (χ3v) is 4.68.